The minimum atomic E-state index is -2.10. The fourth-order valence-electron chi connectivity index (χ4n) is 3.61. The second-order valence-electron chi connectivity index (χ2n) is 7.90. The zero-order valence-electron chi connectivity index (χ0n) is 19.7. The molecule has 3 N–H and O–H groups in total. The molecule has 3 aromatic rings. The SMILES string of the molecule is CC1=NN(c2ccc(S(=O)O)cc2)C(=O)/C1=C\C=CC=Cc1c(C)[nH]n(-c2ccc(S(=O)O)cc2)c1=O. The standard InChI is InChI=1S/C25H22N4O6S2/c1-16-22(24(30)28(26-16)18-8-12-20(13-9-18)36(32)33)6-4-3-5-7-23-17(2)27-29(25(23)31)19-10-14-21(15-11-19)37(34)35/h3-15,26H,1-2H3,(H,32,33)(H,34,35)/b5-3?,6-4?,23-7-. The van der Waals surface area contributed by atoms with Crippen LogP contribution in [0.3, 0.4) is 0 Å². The quantitative estimate of drug-likeness (QED) is 0.238. The summed E-state index contributed by atoms with van der Waals surface area (Å²) in [6, 6.07) is 12.1. The van der Waals surface area contributed by atoms with Crippen LogP contribution >= 0.6 is 0 Å². The van der Waals surface area contributed by atoms with E-state index in [0.717, 1.165) is 0 Å². The zero-order valence-corrected chi connectivity index (χ0v) is 21.3. The molecule has 1 aliphatic heterocycles. The molecule has 2 aromatic carbocycles. The summed E-state index contributed by atoms with van der Waals surface area (Å²) in [4.78, 5) is 26.1. The van der Waals surface area contributed by atoms with E-state index in [2.05, 4.69) is 10.2 Å². The normalized spacial score (nSPS) is 16.8. The number of nitrogens with one attached hydrogen (secondary N) is 1. The van der Waals surface area contributed by atoms with E-state index < -0.39 is 22.2 Å². The molecule has 37 heavy (non-hydrogen) atoms. The van der Waals surface area contributed by atoms with E-state index in [0.29, 0.717) is 33.9 Å². The van der Waals surface area contributed by atoms with Gasteiger partial charge in [-0.15, -0.1) is 0 Å². The Kier molecular flexibility index (Phi) is 7.74. The highest BCUT2D eigenvalue weighted by atomic mass is 32.2. The molecule has 1 amide bonds. The fraction of sp³-hybridized carbons (Fsp3) is 0.0800. The Labute approximate surface area is 216 Å². The lowest BCUT2D eigenvalue weighted by Crippen LogP contribution is -2.21. The molecule has 0 spiro atoms. The van der Waals surface area contributed by atoms with Crippen molar-refractivity contribution in [3.05, 3.63) is 100 Å². The third-order valence-corrected chi connectivity index (χ3v) is 6.86. The maximum Gasteiger partial charge on any atom is 0.280 e. The Morgan fingerprint density at radius 2 is 1.41 bits per heavy atom. The Balaban J connectivity index is 1.47. The highest BCUT2D eigenvalue weighted by molar-refractivity contribution is 7.79. The van der Waals surface area contributed by atoms with Gasteiger partial charge in [0.2, 0.25) is 0 Å². The number of H-pyrrole nitrogens is 1. The van der Waals surface area contributed by atoms with Crippen molar-refractivity contribution in [1.82, 2.24) is 9.78 Å². The largest absolute Gasteiger partial charge is 0.302 e. The molecule has 2 heterocycles. The van der Waals surface area contributed by atoms with Crippen molar-refractivity contribution in [2.24, 2.45) is 5.10 Å². The number of rotatable bonds is 7. The van der Waals surface area contributed by atoms with Gasteiger partial charge in [0.05, 0.1) is 38.0 Å². The van der Waals surface area contributed by atoms with E-state index in [1.165, 1.54) is 34.0 Å². The van der Waals surface area contributed by atoms with Crippen molar-refractivity contribution in [1.29, 1.82) is 0 Å². The summed E-state index contributed by atoms with van der Waals surface area (Å²) in [5.74, 6) is -0.329. The van der Waals surface area contributed by atoms with Crippen molar-refractivity contribution >= 4 is 45.5 Å². The third kappa shape index (κ3) is 5.57. The molecule has 0 fully saturated rings. The van der Waals surface area contributed by atoms with Crippen LogP contribution in [0.5, 0.6) is 0 Å². The molecule has 4 rings (SSSR count). The van der Waals surface area contributed by atoms with Gasteiger partial charge in [-0.25, -0.2) is 13.1 Å². The summed E-state index contributed by atoms with van der Waals surface area (Å²) in [6.45, 7) is 3.47. The minimum absolute atomic E-state index is 0.225. The van der Waals surface area contributed by atoms with Crippen molar-refractivity contribution in [2.45, 2.75) is 23.6 Å². The van der Waals surface area contributed by atoms with E-state index in [-0.39, 0.29) is 21.3 Å². The van der Waals surface area contributed by atoms with Gasteiger partial charge in [-0.1, -0.05) is 18.2 Å². The first-order valence-electron chi connectivity index (χ1n) is 10.9. The topological polar surface area (TPSA) is 145 Å². The van der Waals surface area contributed by atoms with E-state index in [4.69, 9.17) is 9.11 Å². The Morgan fingerprint density at radius 3 is 1.97 bits per heavy atom. The maximum absolute atomic E-state index is 12.8. The van der Waals surface area contributed by atoms with Gasteiger partial charge in [-0.3, -0.25) is 14.7 Å². The Morgan fingerprint density at radius 1 is 0.838 bits per heavy atom. The molecule has 0 aliphatic carbocycles. The van der Waals surface area contributed by atoms with Gasteiger partial charge < -0.3 is 9.11 Å². The molecule has 0 saturated heterocycles. The maximum atomic E-state index is 12.8. The lowest BCUT2D eigenvalue weighted by atomic mass is 10.1. The number of amides is 1. The molecule has 190 valence electrons. The monoisotopic (exact) mass is 538 g/mol. The van der Waals surface area contributed by atoms with Crippen LogP contribution in [0.25, 0.3) is 11.8 Å². The molecule has 0 bridgehead atoms. The van der Waals surface area contributed by atoms with Gasteiger partial charge in [0.1, 0.15) is 0 Å². The molecule has 0 radical (unpaired) electrons. The summed E-state index contributed by atoms with van der Waals surface area (Å²) >= 11 is -4.20. The predicted octanol–water partition coefficient (Wildman–Crippen LogP) is 3.55. The first-order valence-corrected chi connectivity index (χ1v) is 13.1. The van der Waals surface area contributed by atoms with Crippen LogP contribution in [0.4, 0.5) is 5.69 Å². The average molecular weight is 539 g/mol. The van der Waals surface area contributed by atoms with E-state index in [1.807, 2.05) is 0 Å². The average Bonchev–Trinajstić information content (AvgIpc) is 3.33. The molecule has 2 unspecified atom stereocenters. The predicted molar refractivity (Wildman–Crippen MR) is 142 cm³/mol. The second-order valence-corrected chi connectivity index (χ2v) is 9.84. The van der Waals surface area contributed by atoms with E-state index in [1.54, 1.807) is 68.5 Å². The van der Waals surface area contributed by atoms with Gasteiger partial charge in [0.25, 0.3) is 11.5 Å². The summed E-state index contributed by atoms with van der Waals surface area (Å²) < 4.78 is 41.9. The number of aromatic nitrogens is 2. The molecule has 12 heteroatoms. The second kappa shape index (κ2) is 11.0. The van der Waals surface area contributed by atoms with Crippen LogP contribution in [-0.2, 0) is 27.0 Å². The number of aromatic amines is 1. The highest BCUT2D eigenvalue weighted by Crippen LogP contribution is 2.24. The number of nitrogens with zero attached hydrogens (tertiary/aromatic N) is 3. The van der Waals surface area contributed by atoms with Crippen LogP contribution < -0.4 is 10.6 Å². The Hall–Kier alpha value is -3.97. The highest BCUT2D eigenvalue weighted by Gasteiger charge is 2.28. The Bertz CT molecular complexity index is 1580. The van der Waals surface area contributed by atoms with Crippen molar-refractivity contribution in [3.8, 4) is 5.69 Å². The number of hydrogen-bond donors (Lipinski definition) is 3. The number of hydrazone groups is 1. The van der Waals surface area contributed by atoms with Gasteiger partial charge >= 0.3 is 0 Å². The van der Waals surface area contributed by atoms with Gasteiger partial charge in [-0.05, 0) is 74.5 Å². The zero-order chi connectivity index (χ0) is 26.7. The molecule has 1 aromatic heterocycles. The number of carbonyl (C=O) groups is 1. The number of benzene rings is 2. The van der Waals surface area contributed by atoms with Crippen LogP contribution in [-0.4, -0.2) is 38.9 Å². The summed E-state index contributed by atoms with van der Waals surface area (Å²) in [5.41, 5.74) is 2.73. The number of aryl methyl sites for hydroxylation is 1. The van der Waals surface area contributed by atoms with Gasteiger partial charge in [-0.2, -0.15) is 10.1 Å². The lowest BCUT2D eigenvalue weighted by Gasteiger charge is -2.11. The first kappa shape index (κ1) is 26.1. The van der Waals surface area contributed by atoms with Crippen LogP contribution in [0.2, 0.25) is 0 Å². The molecule has 0 saturated carbocycles. The first-order chi connectivity index (χ1) is 17.7. The van der Waals surface area contributed by atoms with Crippen molar-refractivity contribution in [3.63, 3.8) is 0 Å². The minimum Gasteiger partial charge on any atom is -0.302 e. The van der Waals surface area contributed by atoms with Gasteiger partial charge in [0.15, 0.2) is 22.2 Å². The summed E-state index contributed by atoms with van der Waals surface area (Å²) in [6.07, 6.45) is 8.29. The molecule has 1 aliphatic rings. The molecular weight excluding hydrogens is 516 g/mol. The number of anilines is 1. The third-order valence-electron chi connectivity index (χ3n) is 5.51. The molecular formula is C25H22N4O6S2. The molecule has 10 nitrogen and oxygen atoms in total. The summed E-state index contributed by atoms with van der Waals surface area (Å²) in [7, 11) is 0. The van der Waals surface area contributed by atoms with Crippen LogP contribution in [0.1, 0.15) is 18.2 Å². The van der Waals surface area contributed by atoms with Gasteiger partial charge in [0, 0.05) is 5.69 Å². The molecule has 2 atom stereocenters. The number of carbonyl (C=O) groups excluding carboxylic acids is 1. The van der Waals surface area contributed by atoms with Crippen molar-refractivity contribution in [2.75, 3.05) is 5.01 Å². The number of hydrogen-bond acceptors (Lipinski definition) is 5. The lowest BCUT2D eigenvalue weighted by molar-refractivity contribution is -0.114. The van der Waals surface area contributed by atoms with E-state index in [9.17, 15) is 18.0 Å². The smallest absolute Gasteiger partial charge is 0.280 e. The van der Waals surface area contributed by atoms with Crippen molar-refractivity contribution < 1.29 is 22.3 Å². The summed E-state index contributed by atoms with van der Waals surface area (Å²) in [5, 5.41) is 8.49. The fourth-order valence-corrected chi connectivity index (χ4v) is 4.34. The van der Waals surface area contributed by atoms with Crippen LogP contribution in [0.15, 0.2) is 98.1 Å². The van der Waals surface area contributed by atoms with Crippen LogP contribution in [0, 0.1) is 6.92 Å². The van der Waals surface area contributed by atoms with E-state index >= 15 is 0 Å². The number of allylic oxidation sites excluding steroid dienone is 4.